The Morgan fingerprint density at radius 3 is 2.01 bits per heavy atom. The van der Waals surface area contributed by atoms with E-state index in [0.29, 0.717) is 0 Å². The highest BCUT2D eigenvalue weighted by Crippen LogP contribution is 2.68. The van der Waals surface area contributed by atoms with E-state index in [4.69, 9.17) is 48.5 Å². The number of ether oxygens (including phenoxy) is 4. The minimum atomic E-state index is -6.20. The first-order valence-electron chi connectivity index (χ1n) is 20.7. The first-order chi connectivity index (χ1) is 34.2. The summed E-state index contributed by atoms with van der Waals surface area (Å²) in [6, 6.07) is 0.921. The van der Waals surface area contributed by atoms with Crippen molar-refractivity contribution in [2.24, 2.45) is 13.0 Å². The van der Waals surface area contributed by atoms with Crippen molar-refractivity contribution in [2.45, 2.75) is 67.5 Å². The number of aliphatic hydroxyl groups is 4. The van der Waals surface area contributed by atoms with Crippen LogP contribution in [0.3, 0.4) is 0 Å². The quantitative estimate of drug-likeness (QED) is 0.0258. The van der Waals surface area contributed by atoms with Crippen LogP contribution >= 0.6 is 31.3 Å². The zero-order valence-corrected chi connectivity index (χ0v) is 40.8. The molecule has 4 unspecified atom stereocenters. The number of imidazole rings is 2. The summed E-state index contributed by atoms with van der Waals surface area (Å²) < 4.78 is 108. The molecule has 3 aliphatic heterocycles. The molecule has 0 saturated carbocycles. The van der Waals surface area contributed by atoms with Gasteiger partial charge in [-0.05, 0) is 0 Å². The molecule has 0 aliphatic carbocycles. The molecule has 5 aromatic heterocycles. The van der Waals surface area contributed by atoms with Crippen LogP contribution in [0.1, 0.15) is 18.7 Å². The van der Waals surface area contributed by atoms with Crippen molar-refractivity contribution in [3.63, 3.8) is 0 Å². The molecule has 14 N–H and O–H groups in total. The number of rotatable bonds is 20. The van der Waals surface area contributed by atoms with Crippen molar-refractivity contribution >= 4 is 65.4 Å². The number of nitrogens with two attached hydrogens (primary N) is 2. The van der Waals surface area contributed by atoms with E-state index < -0.39 is 148 Å². The summed E-state index contributed by atoms with van der Waals surface area (Å²) in [5.74, 6) is -1.66. The van der Waals surface area contributed by atoms with E-state index in [-0.39, 0.29) is 34.1 Å². The number of methoxy groups -OCH3 is 1. The molecule has 16 atom stereocenters. The van der Waals surface area contributed by atoms with Crippen LogP contribution in [0.4, 0.5) is 11.8 Å². The Morgan fingerprint density at radius 1 is 0.740 bits per heavy atom. The smallest absolute Gasteiger partial charge is 0.396 e. The monoisotopic (exact) mass is 1120 g/mol. The number of aromatic nitrogens is 10. The molecule has 37 nitrogen and oxygen atoms in total. The van der Waals surface area contributed by atoms with Gasteiger partial charge < -0.3 is 70.4 Å². The van der Waals surface area contributed by atoms with Gasteiger partial charge in [-0.15, -0.1) is 0 Å². The molecule has 41 heteroatoms. The number of nitrogens with one attached hydrogen (secondary N) is 2. The summed E-state index contributed by atoms with van der Waals surface area (Å²) in [5.41, 5.74) is 9.10. The van der Waals surface area contributed by atoms with Gasteiger partial charge in [0.05, 0.1) is 45.9 Å². The largest absolute Gasteiger partial charge is 0.490 e. The van der Waals surface area contributed by atoms with Crippen molar-refractivity contribution in [3.8, 4) is 0 Å². The number of hydrogen-bond acceptors (Lipinski definition) is 27. The van der Waals surface area contributed by atoms with Crippen LogP contribution in [-0.4, -0.2) is 166 Å². The van der Waals surface area contributed by atoms with E-state index in [1.807, 2.05) is 4.98 Å². The average molecular weight is 1120 g/mol. The van der Waals surface area contributed by atoms with Gasteiger partial charge in [0.15, 0.2) is 23.9 Å². The molecule has 0 spiro atoms. The predicted molar refractivity (Wildman–Crippen MR) is 232 cm³/mol. The molecule has 3 aliphatic rings. The zero-order chi connectivity index (χ0) is 53.1. The Hall–Kier alpha value is -4.62. The number of fused-ring (bicyclic) bond motifs is 2. The molecule has 0 amide bonds. The number of aromatic amines is 2. The summed E-state index contributed by atoms with van der Waals surface area (Å²) in [6.45, 7) is -4.16. The summed E-state index contributed by atoms with van der Waals surface area (Å²) in [7, 11) is -20.9. The number of aryl methyl sites for hydroxylation is 1. The lowest BCUT2D eigenvalue weighted by Gasteiger charge is -2.26. The van der Waals surface area contributed by atoms with Gasteiger partial charge in [0, 0.05) is 25.3 Å². The molecule has 5 aromatic rings. The number of H-pyrrole nitrogens is 2. The van der Waals surface area contributed by atoms with Gasteiger partial charge in [-0.3, -0.25) is 46.8 Å². The molecular formula is C32H45N12O25P4+. The maximum atomic E-state index is 13.6. The molecule has 73 heavy (non-hydrogen) atoms. The van der Waals surface area contributed by atoms with E-state index in [9.17, 15) is 72.6 Å². The highest BCUT2D eigenvalue weighted by Gasteiger charge is 2.54. The Morgan fingerprint density at radius 2 is 1.36 bits per heavy atom. The van der Waals surface area contributed by atoms with E-state index in [1.54, 1.807) is 0 Å². The normalized spacial score (nSPS) is 30.9. The molecule has 0 aromatic carbocycles. The molecule has 3 fully saturated rings. The van der Waals surface area contributed by atoms with Crippen molar-refractivity contribution < 1.29 is 108 Å². The van der Waals surface area contributed by atoms with Crippen LogP contribution in [0.2, 0.25) is 0 Å². The van der Waals surface area contributed by atoms with Gasteiger partial charge in [0.1, 0.15) is 54.6 Å². The molecular weight excluding hydrogens is 1080 g/mol. The van der Waals surface area contributed by atoms with Crippen LogP contribution in [-0.2, 0) is 71.0 Å². The first kappa shape index (κ1) is 54.6. The van der Waals surface area contributed by atoms with Crippen molar-refractivity contribution in [2.75, 3.05) is 45.0 Å². The maximum absolute atomic E-state index is 13.6. The molecule has 402 valence electrons. The Kier molecular flexibility index (Phi) is 15.6. The van der Waals surface area contributed by atoms with Gasteiger partial charge in [0.2, 0.25) is 18.5 Å². The van der Waals surface area contributed by atoms with Gasteiger partial charge in [-0.25, -0.2) is 42.6 Å². The van der Waals surface area contributed by atoms with Gasteiger partial charge in [0.25, 0.3) is 16.7 Å². The van der Waals surface area contributed by atoms with E-state index in [1.165, 1.54) is 27.1 Å². The highest BCUT2D eigenvalue weighted by molar-refractivity contribution is 7.66. The summed E-state index contributed by atoms with van der Waals surface area (Å²) in [4.78, 5) is 99.0. The summed E-state index contributed by atoms with van der Waals surface area (Å²) in [5, 5.41) is 42.3. The van der Waals surface area contributed by atoms with Crippen LogP contribution in [0, 0.1) is 5.92 Å². The fraction of sp³-hybridized carbons (Fsp3) is 0.562. The van der Waals surface area contributed by atoms with Gasteiger partial charge >= 0.3 is 42.5 Å². The van der Waals surface area contributed by atoms with E-state index >= 15 is 0 Å². The molecule has 8 heterocycles. The number of phosphoric ester groups is 3. The lowest BCUT2D eigenvalue weighted by Crippen LogP contribution is -2.38. The van der Waals surface area contributed by atoms with Gasteiger partial charge in [-0.1, -0.05) is 0 Å². The number of nitrogens with zero attached hydrogens (tertiary/aromatic N) is 8. The number of hydrogen-bond donors (Lipinski definition) is 12. The minimum Gasteiger partial charge on any atom is -0.396 e. The lowest BCUT2D eigenvalue weighted by molar-refractivity contribution is -0.646. The highest BCUT2D eigenvalue weighted by atomic mass is 31.3. The first-order valence-corrected chi connectivity index (χ1v) is 26.7. The third kappa shape index (κ3) is 11.5. The second-order valence-corrected chi connectivity index (χ2v) is 22.1. The zero-order valence-electron chi connectivity index (χ0n) is 37.2. The SMILES string of the molecule is CO[C@@H]1[C@H](OP(=O)(O)OC[C@H]2O[C@@H](n3ccc(=O)[nH]c3=O)[C@H](O)[C@@H]2O)[C@@H](COP(=O)(O)OP(=O)(O)OP(=O)(O)OC[C@H]2O[C@@H](n3c[n+](C)c4c(=O)[nH]c(N)nc43)[C@H](O)[C@@H]2CO)O[C@H]1n1cnc2c(N)ncnc21. The van der Waals surface area contributed by atoms with Crippen molar-refractivity contribution in [1.29, 1.82) is 0 Å². The third-order valence-corrected chi connectivity index (χ3v) is 16.6. The van der Waals surface area contributed by atoms with E-state index in [2.05, 4.69) is 33.5 Å². The van der Waals surface area contributed by atoms with Gasteiger partial charge in [-0.2, -0.15) is 18.2 Å². The van der Waals surface area contributed by atoms with Crippen LogP contribution in [0.25, 0.3) is 22.3 Å². The second-order valence-electron chi connectivity index (χ2n) is 16.1. The molecule has 0 radical (unpaired) electrons. The van der Waals surface area contributed by atoms with Crippen LogP contribution in [0.15, 0.2) is 45.6 Å². The van der Waals surface area contributed by atoms with Crippen molar-refractivity contribution in [1.82, 2.24) is 43.6 Å². The number of aliphatic hydroxyl groups excluding tert-OH is 4. The minimum absolute atomic E-state index is 0.00151. The molecule has 0 bridgehead atoms. The third-order valence-electron chi connectivity index (χ3n) is 11.4. The number of anilines is 2. The maximum Gasteiger partial charge on any atom is 0.490 e. The van der Waals surface area contributed by atoms with Crippen LogP contribution < -0.4 is 32.8 Å². The lowest BCUT2D eigenvalue weighted by atomic mass is 9.99. The van der Waals surface area contributed by atoms with Crippen molar-refractivity contribution in [3.05, 3.63) is 62.4 Å². The standard InChI is InChI=1S/C32H44N12O25P4/c1-41-11-44(26-18(41)27(50)40-31(34)39-26)28-19(47)12(5-45)13(64-28)6-62-71(54,55)68-73(58,59)69-72(56,57)63-8-15-22(23(60-2)30(66-15)43-10-37-17-24(33)35-9-36-25(17)43)67-70(52,53)61-7-14-20(48)21(49)29(65-14)42-4-3-16(46)38-32(42)51/h3-4,9-15,19-23,28-30,45,47-49H,5-8H2,1-2H3,(H9-,33,34,35,36,38,39,40,46,50,51,52,53,54,55,56,57,58,59)/p+1/t12-,13-,14-,15-,19-,20-,21-,22-,23-,28-,29-,30-/m1/s1. The fourth-order valence-corrected chi connectivity index (χ4v) is 12.6. The summed E-state index contributed by atoms with van der Waals surface area (Å²) >= 11 is 0. The van der Waals surface area contributed by atoms with E-state index in [0.717, 1.165) is 36.6 Å². The van der Waals surface area contributed by atoms with Crippen LogP contribution in [0.5, 0.6) is 0 Å². The average Bonchev–Trinajstić information content (AvgIpc) is 4.09. The Balaban J connectivity index is 0.935. The molecule has 3 saturated heterocycles. The number of phosphoric acid groups is 4. The number of nitrogen functional groups attached to an aromatic ring is 2. The summed E-state index contributed by atoms with van der Waals surface area (Å²) in [6.07, 6.45) is -13.8. The fourth-order valence-electron chi connectivity index (χ4n) is 8.10. The predicted octanol–water partition coefficient (Wildman–Crippen LogP) is -4.63. The Labute approximate surface area is 404 Å². The topological polar surface area (TPSA) is 527 Å². The Bertz CT molecular complexity index is 3240. The molecule has 8 rings (SSSR count). The second kappa shape index (κ2) is 20.8.